The summed E-state index contributed by atoms with van der Waals surface area (Å²) < 4.78 is 0. The zero-order valence-electron chi connectivity index (χ0n) is 13.3. The average molecular weight is 343 g/mol. The van der Waals surface area contributed by atoms with Gasteiger partial charge in [0.25, 0.3) is 0 Å². The third-order valence-electron chi connectivity index (χ3n) is 4.18. The van der Waals surface area contributed by atoms with Gasteiger partial charge in [-0.15, -0.1) is 0 Å². The number of hydrogen-bond donors (Lipinski definition) is 2. The van der Waals surface area contributed by atoms with Gasteiger partial charge < -0.3 is 10.6 Å². The highest BCUT2D eigenvalue weighted by molar-refractivity contribution is 6.33. The van der Waals surface area contributed by atoms with Gasteiger partial charge in [-0.2, -0.15) is 5.26 Å². The summed E-state index contributed by atoms with van der Waals surface area (Å²) >= 11 is 6.24. The van der Waals surface area contributed by atoms with Crippen molar-refractivity contribution in [2.45, 2.75) is 32.1 Å². The molecule has 1 saturated carbocycles. The standard InChI is InChI=1S/C17H19ClN6/c18-14-10-23-16(24-17-11-20-13(7-19)9-22-17)6-15(14)21-8-12-4-2-1-3-5-12/h6,9-12H,1-5,8H2,(H2,21,22,23,24). The van der Waals surface area contributed by atoms with E-state index in [1.54, 1.807) is 6.20 Å². The van der Waals surface area contributed by atoms with Crippen LogP contribution in [-0.2, 0) is 0 Å². The van der Waals surface area contributed by atoms with Gasteiger partial charge in [0, 0.05) is 12.6 Å². The number of pyridine rings is 1. The molecule has 2 N–H and O–H groups in total. The summed E-state index contributed by atoms with van der Waals surface area (Å²) in [7, 11) is 0. The topological polar surface area (TPSA) is 86.5 Å². The number of hydrogen-bond acceptors (Lipinski definition) is 6. The van der Waals surface area contributed by atoms with E-state index in [1.807, 2.05) is 12.1 Å². The van der Waals surface area contributed by atoms with Crippen LogP contribution in [0.4, 0.5) is 17.3 Å². The van der Waals surface area contributed by atoms with Crippen LogP contribution < -0.4 is 10.6 Å². The molecular weight excluding hydrogens is 324 g/mol. The molecule has 2 heterocycles. The Morgan fingerprint density at radius 2 is 1.88 bits per heavy atom. The van der Waals surface area contributed by atoms with Crippen molar-refractivity contribution in [2.24, 2.45) is 5.92 Å². The molecule has 0 amide bonds. The molecule has 0 atom stereocenters. The fraction of sp³-hybridized carbons (Fsp3) is 0.412. The zero-order chi connectivity index (χ0) is 16.8. The monoisotopic (exact) mass is 342 g/mol. The SMILES string of the molecule is N#Cc1cnc(Nc2cc(NCC3CCCCC3)c(Cl)cn2)cn1. The van der Waals surface area contributed by atoms with Crippen LogP contribution in [0.5, 0.6) is 0 Å². The van der Waals surface area contributed by atoms with Crippen molar-refractivity contribution in [2.75, 3.05) is 17.2 Å². The van der Waals surface area contributed by atoms with Gasteiger partial charge in [-0.05, 0) is 18.8 Å². The lowest BCUT2D eigenvalue weighted by atomic mass is 9.89. The molecule has 0 unspecified atom stereocenters. The lowest BCUT2D eigenvalue weighted by molar-refractivity contribution is 0.373. The minimum absolute atomic E-state index is 0.277. The fourth-order valence-electron chi connectivity index (χ4n) is 2.87. The van der Waals surface area contributed by atoms with Crippen molar-refractivity contribution in [3.63, 3.8) is 0 Å². The van der Waals surface area contributed by atoms with Crippen LogP contribution in [0.25, 0.3) is 0 Å². The second-order valence-electron chi connectivity index (χ2n) is 5.96. The summed E-state index contributed by atoms with van der Waals surface area (Å²) in [5.74, 6) is 1.87. The zero-order valence-corrected chi connectivity index (χ0v) is 14.1. The van der Waals surface area contributed by atoms with Crippen LogP contribution in [0.3, 0.4) is 0 Å². The summed E-state index contributed by atoms with van der Waals surface area (Å²) in [5.41, 5.74) is 1.14. The van der Waals surface area contributed by atoms with Crippen LogP contribution in [0, 0.1) is 17.2 Å². The van der Waals surface area contributed by atoms with Crippen LogP contribution in [0.15, 0.2) is 24.7 Å². The van der Waals surface area contributed by atoms with E-state index >= 15 is 0 Å². The third kappa shape index (κ3) is 4.33. The van der Waals surface area contributed by atoms with E-state index in [-0.39, 0.29) is 5.69 Å². The molecule has 0 spiro atoms. The maximum absolute atomic E-state index is 8.74. The van der Waals surface area contributed by atoms with Crippen molar-refractivity contribution < 1.29 is 0 Å². The van der Waals surface area contributed by atoms with E-state index in [1.165, 1.54) is 44.5 Å². The molecule has 2 aromatic rings. The fourth-order valence-corrected chi connectivity index (χ4v) is 3.04. The highest BCUT2D eigenvalue weighted by atomic mass is 35.5. The number of anilines is 3. The van der Waals surface area contributed by atoms with Crippen molar-refractivity contribution in [1.82, 2.24) is 15.0 Å². The average Bonchev–Trinajstić information content (AvgIpc) is 2.63. The molecule has 1 aliphatic carbocycles. The molecule has 124 valence electrons. The number of rotatable bonds is 5. The van der Waals surface area contributed by atoms with Crippen LogP contribution >= 0.6 is 11.6 Å². The molecule has 7 heteroatoms. The maximum atomic E-state index is 8.74. The molecular formula is C17H19ClN6. The van der Waals surface area contributed by atoms with Crippen molar-refractivity contribution in [1.29, 1.82) is 5.26 Å². The van der Waals surface area contributed by atoms with Gasteiger partial charge in [-0.25, -0.2) is 15.0 Å². The Bertz CT molecular complexity index is 719. The molecule has 0 aromatic carbocycles. The maximum Gasteiger partial charge on any atom is 0.158 e. The molecule has 1 aliphatic rings. The molecule has 2 aromatic heterocycles. The predicted molar refractivity (Wildman–Crippen MR) is 94.3 cm³/mol. The van der Waals surface area contributed by atoms with Crippen LogP contribution in [0.1, 0.15) is 37.8 Å². The molecule has 24 heavy (non-hydrogen) atoms. The summed E-state index contributed by atoms with van der Waals surface area (Å²) in [4.78, 5) is 12.4. The second kappa shape index (κ2) is 7.93. The highest BCUT2D eigenvalue weighted by Crippen LogP contribution is 2.28. The van der Waals surface area contributed by atoms with Crippen LogP contribution in [-0.4, -0.2) is 21.5 Å². The first-order valence-electron chi connectivity index (χ1n) is 8.13. The molecule has 0 aliphatic heterocycles. The van der Waals surface area contributed by atoms with E-state index in [2.05, 4.69) is 25.6 Å². The van der Waals surface area contributed by atoms with E-state index < -0.39 is 0 Å². The molecule has 0 saturated heterocycles. The van der Waals surface area contributed by atoms with Gasteiger partial charge in [0.15, 0.2) is 5.69 Å². The van der Waals surface area contributed by atoms with E-state index in [4.69, 9.17) is 16.9 Å². The Kier molecular flexibility index (Phi) is 5.44. The molecule has 6 nitrogen and oxygen atoms in total. The first-order chi connectivity index (χ1) is 11.7. The normalized spacial score (nSPS) is 14.8. The predicted octanol–water partition coefficient (Wildman–Crippen LogP) is 4.13. The minimum atomic E-state index is 0.277. The lowest BCUT2D eigenvalue weighted by Gasteiger charge is -2.22. The molecule has 0 radical (unpaired) electrons. The highest BCUT2D eigenvalue weighted by Gasteiger charge is 2.14. The Balaban J connectivity index is 1.65. The van der Waals surface area contributed by atoms with E-state index in [0.29, 0.717) is 22.6 Å². The minimum Gasteiger partial charge on any atom is -0.383 e. The summed E-state index contributed by atoms with van der Waals surface area (Å²) in [5, 5.41) is 15.8. The van der Waals surface area contributed by atoms with Gasteiger partial charge in [0.1, 0.15) is 17.7 Å². The van der Waals surface area contributed by atoms with Crippen LogP contribution in [0.2, 0.25) is 5.02 Å². The number of aromatic nitrogens is 3. The lowest BCUT2D eigenvalue weighted by Crippen LogP contribution is -2.17. The molecule has 0 bridgehead atoms. The largest absolute Gasteiger partial charge is 0.383 e. The number of halogens is 1. The van der Waals surface area contributed by atoms with Crippen molar-refractivity contribution >= 4 is 28.9 Å². The van der Waals surface area contributed by atoms with Gasteiger partial charge in [0.2, 0.25) is 0 Å². The third-order valence-corrected chi connectivity index (χ3v) is 4.48. The molecule has 1 fully saturated rings. The first kappa shape index (κ1) is 16.5. The number of nitrogens with zero attached hydrogens (tertiary/aromatic N) is 4. The van der Waals surface area contributed by atoms with E-state index in [0.717, 1.165) is 12.2 Å². The van der Waals surface area contributed by atoms with Crippen molar-refractivity contribution in [3.8, 4) is 6.07 Å². The molecule has 3 rings (SSSR count). The van der Waals surface area contributed by atoms with Gasteiger partial charge in [0.05, 0.1) is 29.3 Å². The van der Waals surface area contributed by atoms with Gasteiger partial charge in [-0.3, -0.25) is 0 Å². The van der Waals surface area contributed by atoms with Crippen molar-refractivity contribution in [3.05, 3.63) is 35.4 Å². The summed E-state index contributed by atoms with van der Waals surface area (Å²) in [6.45, 7) is 0.930. The van der Waals surface area contributed by atoms with Gasteiger partial charge >= 0.3 is 0 Å². The quantitative estimate of drug-likeness (QED) is 0.849. The Hall–Kier alpha value is -2.39. The smallest absolute Gasteiger partial charge is 0.158 e. The number of nitrogens with one attached hydrogen (secondary N) is 2. The van der Waals surface area contributed by atoms with Gasteiger partial charge in [-0.1, -0.05) is 30.9 Å². The first-order valence-corrected chi connectivity index (χ1v) is 8.51. The summed E-state index contributed by atoms with van der Waals surface area (Å²) in [6.07, 6.45) is 11.1. The Labute approximate surface area is 146 Å². The summed E-state index contributed by atoms with van der Waals surface area (Å²) in [6, 6.07) is 3.80. The number of nitriles is 1. The second-order valence-corrected chi connectivity index (χ2v) is 6.37. The van der Waals surface area contributed by atoms with E-state index in [9.17, 15) is 0 Å². The Morgan fingerprint density at radius 1 is 1.08 bits per heavy atom. The Morgan fingerprint density at radius 3 is 2.58 bits per heavy atom.